The van der Waals surface area contributed by atoms with Gasteiger partial charge >= 0.3 is 5.63 Å². The maximum atomic E-state index is 12.9. The predicted molar refractivity (Wildman–Crippen MR) is 115 cm³/mol. The maximum Gasteiger partial charge on any atom is 0.336 e. The molecule has 0 saturated carbocycles. The fraction of sp³-hybridized carbons (Fsp3) is 0.333. The van der Waals surface area contributed by atoms with Crippen molar-refractivity contribution in [2.24, 2.45) is 0 Å². The van der Waals surface area contributed by atoms with E-state index in [1.807, 2.05) is 24.0 Å². The number of rotatable bonds is 5. The third kappa shape index (κ3) is 4.54. The van der Waals surface area contributed by atoms with Gasteiger partial charge in [0.15, 0.2) is 6.10 Å². The number of fused-ring (bicyclic) bond motifs is 1. The van der Waals surface area contributed by atoms with Crippen molar-refractivity contribution in [1.82, 2.24) is 4.90 Å². The smallest absolute Gasteiger partial charge is 0.336 e. The zero-order valence-electron chi connectivity index (χ0n) is 17.4. The van der Waals surface area contributed by atoms with Crippen LogP contribution in [0.15, 0.2) is 63.8 Å². The molecule has 156 valence electrons. The van der Waals surface area contributed by atoms with Crippen molar-refractivity contribution in [3.05, 3.63) is 76.1 Å². The Morgan fingerprint density at radius 3 is 2.60 bits per heavy atom. The van der Waals surface area contributed by atoms with E-state index in [4.69, 9.17) is 9.15 Å². The zero-order valence-corrected chi connectivity index (χ0v) is 17.4. The molecule has 1 aliphatic rings. The lowest BCUT2D eigenvalue weighted by atomic mass is 10.1. The van der Waals surface area contributed by atoms with Crippen molar-refractivity contribution in [3.63, 3.8) is 0 Å². The first kappa shape index (κ1) is 20.2. The molecule has 0 aliphatic carbocycles. The lowest BCUT2D eigenvalue weighted by molar-refractivity contribution is -0.917. The van der Waals surface area contributed by atoms with Crippen LogP contribution in [-0.2, 0) is 11.3 Å². The SMILES string of the molecule is Cc1cc(=O)oc2cc(O[C@@H](C)C(=O)N3CC[NH+](Cc4ccccc4)CC3)ccc12. The Morgan fingerprint density at radius 2 is 1.87 bits per heavy atom. The van der Waals surface area contributed by atoms with Crippen molar-refractivity contribution in [3.8, 4) is 5.75 Å². The molecule has 0 radical (unpaired) electrons. The number of carbonyl (C=O) groups excluding carboxylic acids is 1. The molecule has 3 aromatic rings. The zero-order chi connectivity index (χ0) is 21.1. The number of hydrogen-bond donors (Lipinski definition) is 1. The Morgan fingerprint density at radius 1 is 1.13 bits per heavy atom. The Bertz CT molecular complexity index is 1090. The van der Waals surface area contributed by atoms with Gasteiger partial charge in [-0.15, -0.1) is 0 Å². The van der Waals surface area contributed by atoms with Crippen LogP contribution in [0.4, 0.5) is 0 Å². The minimum atomic E-state index is -0.602. The van der Waals surface area contributed by atoms with Gasteiger partial charge in [-0.2, -0.15) is 0 Å². The first-order valence-corrected chi connectivity index (χ1v) is 10.4. The van der Waals surface area contributed by atoms with Gasteiger partial charge in [0, 0.05) is 23.1 Å². The van der Waals surface area contributed by atoms with Crippen LogP contribution in [0.1, 0.15) is 18.1 Å². The van der Waals surface area contributed by atoms with E-state index in [0.29, 0.717) is 11.3 Å². The molecular weight excluding hydrogens is 380 g/mol. The largest absolute Gasteiger partial charge is 0.481 e. The van der Waals surface area contributed by atoms with Gasteiger partial charge in [0.25, 0.3) is 5.91 Å². The molecule has 0 unspecified atom stereocenters. The number of carbonyl (C=O) groups is 1. The van der Waals surface area contributed by atoms with E-state index in [9.17, 15) is 9.59 Å². The van der Waals surface area contributed by atoms with Crippen molar-refractivity contribution < 1.29 is 18.8 Å². The molecule has 6 heteroatoms. The first-order chi connectivity index (χ1) is 14.5. The van der Waals surface area contributed by atoms with Crippen LogP contribution in [-0.4, -0.2) is 43.1 Å². The van der Waals surface area contributed by atoms with Gasteiger partial charge in [-0.05, 0) is 31.5 Å². The number of hydrogen-bond acceptors (Lipinski definition) is 4. The molecule has 6 nitrogen and oxygen atoms in total. The quantitative estimate of drug-likeness (QED) is 0.655. The summed E-state index contributed by atoms with van der Waals surface area (Å²) in [6.07, 6.45) is -0.602. The Kier molecular flexibility index (Phi) is 5.86. The summed E-state index contributed by atoms with van der Waals surface area (Å²) in [4.78, 5) is 27.8. The van der Waals surface area contributed by atoms with Crippen LogP contribution in [0, 0.1) is 6.92 Å². The van der Waals surface area contributed by atoms with Gasteiger partial charge in [-0.25, -0.2) is 4.79 Å². The first-order valence-electron chi connectivity index (χ1n) is 10.4. The number of quaternary nitrogens is 1. The molecule has 1 aliphatic heterocycles. The molecule has 30 heavy (non-hydrogen) atoms. The Hall–Kier alpha value is -3.12. The van der Waals surface area contributed by atoms with Gasteiger partial charge in [-0.3, -0.25) is 4.79 Å². The molecule has 2 heterocycles. The molecule has 4 rings (SSSR count). The summed E-state index contributed by atoms with van der Waals surface area (Å²) in [6, 6.07) is 17.2. The van der Waals surface area contributed by atoms with Gasteiger partial charge in [0.05, 0.1) is 26.2 Å². The number of piperazine rings is 1. The van der Waals surface area contributed by atoms with E-state index in [1.54, 1.807) is 19.1 Å². The summed E-state index contributed by atoms with van der Waals surface area (Å²) >= 11 is 0. The predicted octanol–water partition coefficient (Wildman–Crippen LogP) is 1.80. The fourth-order valence-electron chi connectivity index (χ4n) is 3.99. The average Bonchev–Trinajstić information content (AvgIpc) is 2.74. The standard InChI is InChI=1S/C24H26N2O4/c1-17-14-23(27)30-22-15-20(8-9-21(17)22)29-18(2)24(28)26-12-10-25(11-13-26)16-19-6-4-3-5-7-19/h3-9,14-15,18H,10-13,16H2,1-2H3/p+1/t18-/m0/s1. The van der Waals surface area contributed by atoms with Crippen LogP contribution in [0.25, 0.3) is 11.0 Å². The minimum Gasteiger partial charge on any atom is -0.481 e. The van der Waals surface area contributed by atoms with E-state index >= 15 is 0 Å². The molecule has 1 atom stereocenters. The third-order valence-corrected chi connectivity index (χ3v) is 5.66. The molecule has 1 aromatic heterocycles. The second-order valence-electron chi connectivity index (χ2n) is 7.90. The lowest BCUT2D eigenvalue weighted by Gasteiger charge is -2.33. The van der Waals surface area contributed by atoms with E-state index in [0.717, 1.165) is 43.7 Å². The molecule has 2 aromatic carbocycles. The highest BCUT2D eigenvalue weighted by Gasteiger charge is 2.28. The summed E-state index contributed by atoms with van der Waals surface area (Å²) in [7, 11) is 0. The summed E-state index contributed by atoms with van der Waals surface area (Å²) in [6.45, 7) is 7.91. The molecule has 1 saturated heterocycles. The summed E-state index contributed by atoms with van der Waals surface area (Å²) in [5, 5.41) is 0.860. The number of nitrogens with zero attached hydrogens (tertiary/aromatic N) is 1. The average molecular weight is 407 g/mol. The van der Waals surface area contributed by atoms with Crippen LogP contribution in [0.2, 0.25) is 0 Å². The van der Waals surface area contributed by atoms with E-state index in [1.165, 1.54) is 16.5 Å². The van der Waals surface area contributed by atoms with Crippen molar-refractivity contribution in [1.29, 1.82) is 0 Å². The van der Waals surface area contributed by atoms with Crippen LogP contribution in [0.5, 0.6) is 5.75 Å². The van der Waals surface area contributed by atoms with Crippen LogP contribution < -0.4 is 15.3 Å². The van der Waals surface area contributed by atoms with Crippen LogP contribution >= 0.6 is 0 Å². The van der Waals surface area contributed by atoms with E-state index in [2.05, 4.69) is 24.3 Å². The van der Waals surface area contributed by atoms with Gasteiger partial charge in [0.2, 0.25) is 0 Å². The number of amides is 1. The molecule has 0 bridgehead atoms. The Balaban J connectivity index is 1.35. The Labute approximate surface area is 175 Å². The number of ether oxygens (including phenoxy) is 1. The summed E-state index contributed by atoms with van der Waals surface area (Å²) in [5.41, 5.74) is 2.25. The summed E-state index contributed by atoms with van der Waals surface area (Å²) < 4.78 is 11.1. The normalized spacial score (nSPS) is 15.9. The summed E-state index contributed by atoms with van der Waals surface area (Å²) in [5.74, 6) is 0.505. The molecule has 1 N–H and O–H groups in total. The number of nitrogens with one attached hydrogen (secondary N) is 1. The molecular formula is C24H27N2O4+. The second-order valence-corrected chi connectivity index (χ2v) is 7.90. The third-order valence-electron chi connectivity index (χ3n) is 5.66. The van der Waals surface area contributed by atoms with Gasteiger partial charge in [-0.1, -0.05) is 30.3 Å². The van der Waals surface area contributed by atoms with Crippen LogP contribution in [0.3, 0.4) is 0 Å². The monoisotopic (exact) mass is 407 g/mol. The molecule has 1 fully saturated rings. The number of benzene rings is 2. The highest BCUT2D eigenvalue weighted by Crippen LogP contribution is 2.23. The highest BCUT2D eigenvalue weighted by molar-refractivity contribution is 5.82. The second kappa shape index (κ2) is 8.71. The molecule has 1 amide bonds. The molecule has 0 spiro atoms. The van der Waals surface area contributed by atoms with E-state index in [-0.39, 0.29) is 5.91 Å². The minimum absolute atomic E-state index is 0.0143. The highest BCUT2D eigenvalue weighted by atomic mass is 16.5. The van der Waals surface area contributed by atoms with Crippen molar-refractivity contribution in [2.45, 2.75) is 26.5 Å². The van der Waals surface area contributed by atoms with Crippen molar-refractivity contribution >= 4 is 16.9 Å². The van der Waals surface area contributed by atoms with Gasteiger partial charge in [0.1, 0.15) is 17.9 Å². The maximum absolute atomic E-state index is 12.9. The van der Waals surface area contributed by atoms with E-state index < -0.39 is 11.7 Å². The topological polar surface area (TPSA) is 64.2 Å². The van der Waals surface area contributed by atoms with Crippen molar-refractivity contribution in [2.75, 3.05) is 26.2 Å². The van der Waals surface area contributed by atoms with Gasteiger partial charge < -0.3 is 19.0 Å². The fourth-order valence-corrected chi connectivity index (χ4v) is 3.99. The lowest BCUT2D eigenvalue weighted by Crippen LogP contribution is -3.13. The number of aryl methyl sites for hydroxylation is 1.